The van der Waals surface area contributed by atoms with Gasteiger partial charge in [-0.25, -0.2) is 8.42 Å². The monoisotopic (exact) mass is 425 g/mol. The van der Waals surface area contributed by atoms with Crippen LogP contribution in [0.15, 0.2) is 29.2 Å². The van der Waals surface area contributed by atoms with Gasteiger partial charge >= 0.3 is 0 Å². The van der Waals surface area contributed by atoms with E-state index in [4.69, 9.17) is 0 Å². The standard InChI is InChI=1S/C21H35N3O4S/c1-6-24(7-2)29(27,28)17-10-8-9-16(13-17)22-20(26)15-23-12-11-18(19(25)14-23)21(3,4)5/h8-10,13,18-19,25H,6-7,11-12,14-15H2,1-5H3,(H,22,26)/t18-,19+/m0/s1. The molecule has 8 heteroatoms. The Balaban J connectivity index is 2.00. The van der Waals surface area contributed by atoms with Crippen molar-refractivity contribution in [3.8, 4) is 0 Å². The van der Waals surface area contributed by atoms with E-state index in [0.717, 1.165) is 13.0 Å². The molecule has 164 valence electrons. The summed E-state index contributed by atoms with van der Waals surface area (Å²) in [4.78, 5) is 14.6. The predicted molar refractivity (Wildman–Crippen MR) is 115 cm³/mol. The Bertz CT molecular complexity index is 800. The van der Waals surface area contributed by atoms with Gasteiger partial charge in [-0.3, -0.25) is 9.69 Å². The molecule has 0 saturated carbocycles. The van der Waals surface area contributed by atoms with Gasteiger partial charge in [-0.05, 0) is 42.5 Å². The third-order valence-corrected chi connectivity index (χ3v) is 7.65. The van der Waals surface area contributed by atoms with Crippen LogP contribution < -0.4 is 5.32 Å². The highest BCUT2D eigenvalue weighted by Crippen LogP contribution is 2.34. The van der Waals surface area contributed by atoms with Gasteiger partial charge in [0.15, 0.2) is 0 Å². The predicted octanol–water partition coefficient (Wildman–Crippen LogP) is 2.38. The number of sulfonamides is 1. The third-order valence-electron chi connectivity index (χ3n) is 5.61. The summed E-state index contributed by atoms with van der Waals surface area (Å²) in [5.74, 6) is -0.00688. The quantitative estimate of drug-likeness (QED) is 0.700. The molecule has 0 spiro atoms. The Morgan fingerprint density at radius 1 is 1.28 bits per heavy atom. The first-order valence-corrected chi connectivity index (χ1v) is 11.7. The maximum absolute atomic E-state index is 12.7. The Morgan fingerprint density at radius 2 is 1.93 bits per heavy atom. The number of hydrogen-bond acceptors (Lipinski definition) is 5. The van der Waals surface area contributed by atoms with Gasteiger partial charge in [0.05, 0.1) is 17.5 Å². The summed E-state index contributed by atoms with van der Waals surface area (Å²) in [6, 6.07) is 6.34. The first-order valence-electron chi connectivity index (χ1n) is 10.3. The van der Waals surface area contributed by atoms with Gasteiger partial charge in [-0.15, -0.1) is 0 Å². The summed E-state index contributed by atoms with van der Waals surface area (Å²) in [5.41, 5.74) is 0.484. The zero-order valence-corrected chi connectivity index (χ0v) is 19.0. The number of aliphatic hydroxyl groups excluding tert-OH is 1. The van der Waals surface area contributed by atoms with E-state index in [0.29, 0.717) is 25.3 Å². The van der Waals surface area contributed by atoms with Gasteiger partial charge in [0.2, 0.25) is 15.9 Å². The average Bonchev–Trinajstić information content (AvgIpc) is 2.61. The van der Waals surface area contributed by atoms with Crippen molar-refractivity contribution in [3.63, 3.8) is 0 Å². The minimum absolute atomic E-state index is 0.0323. The van der Waals surface area contributed by atoms with Gasteiger partial charge in [0, 0.05) is 25.3 Å². The minimum atomic E-state index is -3.58. The molecule has 1 heterocycles. The molecule has 0 aromatic heterocycles. The number of aliphatic hydroxyl groups is 1. The maximum atomic E-state index is 12.7. The van der Waals surface area contributed by atoms with Gasteiger partial charge in [-0.1, -0.05) is 40.7 Å². The van der Waals surface area contributed by atoms with Crippen molar-refractivity contribution in [2.24, 2.45) is 11.3 Å². The number of β-amino-alcohol motifs (C(OH)–C–C–N with tert-alkyl or cyclic N) is 1. The smallest absolute Gasteiger partial charge is 0.243 e. The molecule has 1 aliphatic rings. The molecular formula is C21H35N3O4S. The zero-order chi connectivity index (χ0) is 21.8. The molecule has 0 unspecified atom stereocenters. The first kappa shape index (κ1) is 23.8. The Labute approximate surface area is 175 Å². The van der Waals surface area contributed by atoms with Crippen LogP contribution in [0.2, 0.25) is 0 Å². The molecule has 2 rings (SSSR count). The van der Waals surface area contributed by atoms with E-state index < -0.39 is 16.1 Å². The molecule has 1 aliphatic heterocycles. The molecule has 0 radical (unpaired) electrons. The highest BCUT2D eigenvalue weighted by atomic mass is 32.2. The molecule has 7 nitrogen and oxygen atoms in total. The van der Waals surface area contributed by atoms with Crippen LogP contribution in [-0.4, -0.2) is 67.5 Å². The summed E-state index contributed by atoms with van der Waals surface area (Å²) in [6.07, 6.45) is 0.384. The molecule has 1 saturated heterocycles. The number of nitrogens with one attached hydrogen (secondary N) is 1. The molecule has 1 aromatic rings. The first-order chi connectivity index (χ1) is 13.5. The number of nitrogens with zero attached hydrogens (tertiary/aromatic N) is 2. The molecule has 1 fully saturated rings. The number of likely N-dealkylation sites (tertiary alicyclic amines) is 1. The summed E-state index contributed by atoms with van der Waals surface area (Å²) in [5, 5.41) is 13.2. The molecule has 1 amide bonds. The SMILES string of the molecule is CCN(CC)S(=O)(=O)c1cccc(NC(=O)CN2CC[C@H](C(C)(C)C)[C@H](O)C2)c1. The summed E-state index contributed by atoms with van der Waals surface area (Å²) < 4.78 is 26.7. The zero-order valence-electron chi connectivity index (χ0n) is 18.2. The van der Waals surface area contributed by atoms with E-state index in [1.807, 2.05) is 4.90 Å². The summed E-state index contributed by atoms with van der Waals surface area (Å²) >= 11 is 0. The topological polar surface area (TPSA) is 90.0 Å². The van der Waals surface area contributed by atoms with Crippen LogP contribution in [0.3, 0.4) is 0 Å². The second-order valence-corrected chi connectivity index (χ2v) is 10.7. The van der Waals surface area contributed by atoms with Crippen molar-refractivity contribution in [3.05, 3.63) is 24.3 Å². The second kappa shape index (κ2) is 9.55. The van der Waals surface area contributed by atoms with E-state index in [1.54, 1.807) is 26.0 Å². The van der Waals surface area contributed by atoms with Crippen LogP contribution in [-0.2, 0) is 14.8 Å². The second-order valence-electron chi connectivity index (χ2n) is 8.73. The molecule has 29 heavy (non-hydrogen) atoms. The molecule has 0 aliphatic carbocycles. The lowest BCUT2D eigenvalue weighted by Crippen LogP contribution is -2.49. The molecular weight excluding hydrogens is 390 g/mol. The van der Waals surface area contributed by atoms with Crippen LogP contribution in [0, 0.1) is 11.3 Å². The van der Waals surface area contributed by atoms with Crippen LogP contribution in [0.5, 0.6) is 0 Å². The van der Waals surface area contributed by atoms with E-state index in [-0.39, 0.29) is 28.7 Å². The van der Waals surface area contributed by atoms with E-state index in [2.05, 4.69) is 26.1 Å². The number of carbonyl (C=O) groups is 1. The van der Waals surface area contributed by atoms with Crippen molar-refractivity contribution in [1.29, 1.82) is 0 Å². The molecule has 0 bridgehead atoms. The van der Waals surface area contributed by atoms with Gasteiger partial charge < -0.3 is 10.4 Å². The number of anilines is 1. The number of piperidine rings is 1. The highest BCUT2D eigenvalue weighted by molar-refractivity contribution is 7.89. The van der Waals surface area contributed by atoms with E-state index >= 15 is 0 Å². The number of amides is 1. The number of hydrogen-bond donors (Lipinski definition) is 2. The normalized spacial score (nSPS) is 21.3. The van der Waals surface area contributed by atoms with E-state index in [9.17, 15) is 18.3 Å². The fourth-order valence-electron chi connectivity index (χ4n) is 4.00. The minimum Gasteiger partial charge on any atom is -0.391 e. The lowest BCUT2D eigenvalue weighted by molar-refractivity contribution is -0.118. The van der Waals surface area contributed by atoms with E-state index in [1.165, 1.54) is 16.4 Å². The Kier molecular flexibility index (Phi) is 7.84. The largest absolute Gasteiger partial charge is 0.391 e. The van der Waals surface area contributed by atoms with Crippen LogP contribution in [0.25, 0.3) is 0 Å². The number of rotatable bonds is 7. The Morgan fingerprint density at radius 3 is 2.48 bits per heavy atom. The van der Waals surface area contributed by atoms with Crippen LogP contribution in [0.1, 0.15) is 41.0 Å². The van der Waals surface area contributed by atoms with Crippen molar-refractivity contribution in [2.45, 2.75) is 52.0 Å². The number of benzene rings is 1. The van der Waals surface area contributed by atoms with Gasteiger partial charge in [0.1, 0.15) is 0 Å². The van der Waals surface area contributed by atoms with Crippen LogP contribution in [0.4, 0.5) is 5.69 Å². The van der Waals surface area contributed by atoms with Gasteiger partial charge in [-0.2, -0.15) is 4.31 Å². The van der Waals surface area contributed by atoms with Crippen LogP contribution >= 0.6 is 0 Å². The number of carbonyl (C=O) groups excluding carboxylic acids is 1. The molecule has 1 aromatic carbocycles. The Hall–Kier alpha value is -1.48. The summed E-state index contributed by atoms with van der Waals surface area (Å²) in [7, 11) is -3.58. The van der Waals surface area contributed by atoms with Crippen molar-refractivity contribution in [1.82, 2.24) is 9.21 Å². The lowest BCUT2D eigenvalue weighted by atomic mass is 9.74. The van der Waals surface area contributed by atoms with Crippen molar-refractivity contribution >= 4 is 21.6 Å². The lowest BCUT2D eigenvalue weighted by Gasteiger charge is -2.42. The molecule has 2 atom stereocenters. The van der Waals surface area contributed by atoms with Gasteiger partial charge in [0.25, 0.3) is 0 Å². The fourth-order valence-corrected chi connectivity index (χ4v) is 5.51. The maximum Gasteiger partial charge on any atom is 0.243 e. The summed E-state index contributed by atoms with van der Waals surface area (Å²) in [6.45, 7) is 12.1. The van der Waals surface area contributed by atoms with Crippen molar-refractivity contribution < 1.29 is 18.3 Å². The highest BCUT2D eigenvalue weighted by Gasteiger charge is 2.36. The third kappa shape index (κ3) is 6.01. The molecule has 2 N–H and O–H groups in total. The average molecular weight is 426 g/mol. The fraction of sp³-hybridized carbons (Fsp3) is 0.667. The van der Waals surface area contributed by atoms with Crippen molar-refractivity contribution in [2.75, 3.05) is 38.0 Å².